The van der Waals surface area contributed by atoms with Crippen LogP contribution in [0.3, 0.4) is 0 Å². The lowest BCUT2D eigenvalue weighted by atomic mass is 10.2. The molecule has 0 unspecified atom stereocenters. The van der Waals surface area contributed by atoms with Gasteiger partial charge in [-0.2, -0.15) is 0 Å². The SMILES string of the molecule is O=C(NC1=NCCS1)C(=O)Nc1ccc(Nc2ccccc2)cc1. The summed E-state index contributed by atoms with van der Waals surface area (Å²) in [7, 11) is 0. The largest absolute Gasteiger partial charge is 0.356 e. The van der Waals surface area contributed by atoms with E-state index in [1.807, 2.05) is 42.5 Å². The van der Waals surface area contributed by atoms with Gasteiger partial charge < -0.3 is 10.6 Å². The first-order valence-electron chi connectivity index (χ1n) is 7.42. The molecule has 1 aliphatic heterocycles. The van der Waals surface area contributed by atoms with E-state index in [-0.39, 0.29) is 0 Å². The third-order valence-corrected chi connectivity index (χ3v) is 4.11. The zero-order chi connectivity index (χ0) is 16.8. The molecule has 0 atom stereocenters. The molecule has 122 valence electrons. The van der Waals surface area contributed by atoms with Gasteiger partial charge in [-0.25, -0.2) is 0 Å². The Hall–Kier alpha value is -2.80. The number of thioether (sulfide) groups is 1. The molecule has 0 radical (unpaired) electrons. The molecule has 24 heavy (non-hydrogen) atoms. The highest BCUT2D eigenvalue weighted by atomic mass is 32.2. The summed E-state index contributed by atoms with van der Waals surface area (Å²) in [4.78, 5) is 27.7. The number of nitrogens with one attached hydrogen (secondary N) is 3. The molecule has 1 heterocycles. The Bertz CT molecular complexity index is 760. The van der Waals surface area contributed by atoms with Gasteiger partial charge in [-0.1, -0.05) is 30.0 Å². The lowest BCUT2D eigenvalue weighted by Crippen LogP contribution is -2.37. The second-order valence-electron chi connectivity index (χ2n) is 5.01. The zero-order valence-corrected chi connectivity index (χ0v) is 13.6. The summed E-state index contributed by atoms with van der Waals surface area (Å²) < 4.78 is 0. The van der Waals surface area contributed by atoms with Crippen molar-refractivity contribution < 1.29 is 9.59 Å². The fourth-order valence-corrected chi connectivity index (χ4v) is 2.80. The number of carbonyl (C=O) groups is 2. The molecular weight excluding hydrogens is 324 g/mol. The third-order valence-electron chi connectivity index (χ3n) is 3.22. The summed E-state index contributed by atoms with van der Waals surface area (Å²) in [6.45, 7) is 0.664. The van der Waals surface area contributed by atoms with Crippen molar-refractivity contribution in [1.29, 1.82) is 0 Å². The van der Waals surface area contributed by atoms with Crippen LogP contribution in [0.2, 0.25) is 0 Å². The number of nitrogens with zero attached hydrogens (tertiary/aromatic N) is 1. The Morgan fingerprint density at radius 3 is 2.12 bits per heavy atom. The number of para-hydroxylation sites is 1. The van der Waals surface area contributed by atoms with Crippen LogP contribution >= 0.6 is 11.8 Å². The smallest absolute Gasteiger partial charge is 0.315 e. The highest BCUT2D eigenvalue weighted by molar-refractivity contribution is 8.14. The van der Waals surface area contributed by atoms with Gasteiger partial charge in [-0.15, -0.1) is 0 Å². The van der Waals surface area contributed by atoms with E-state index >= 15 is 0 Å². The lowest BCUT2D eigenvalue weighted by molar-refractivity contribution is -0.135. The van der Waals surface area contributed by atoms with Crippen LogP contribution in [0.15, 0.2) is 59.6 Å². The fraction of sp³-hybridized carbons (Fsp3) is 0.118. The van der Waals surface area contributed by atoms with E-state index < -0.39 is 11.8 Å². The number of hydrogen-bond acceptors (Lipinski definition) is 5. The number of amides is 2. The normalized spacial score (nSPS) is 13.1. The van der Waals surface area contributed by atoms with E-state index in [0.717, 1.165) is 17.1 Å². The lowest BCUT2D eigenvalue weighted by Gasteiger charge is -2.08. The highest BCUT2D eigenvalue weighted by Gasteiger charge is 2.17. The second kappa shape index (κ2) is 7.65. The van der Waals surface area contributed by atoms with Crippen molar-refractivity contribution in [1.82, 2.24) is 5.32 Å². The molecule has 2 amide bonds. The molecule has 2 aromatic carbocycles. The molecule has 0 saturated heterocycles. The maximum Gasteiger partial charge on any atom is 0.315 e. The Morgan fingerprint density at radius 1 is 0.833 bits per heavy atom. The van der Waals surface area contributed by atoms with Gasteiger partial charge in [0.2, 0.25) is 0 Å². The average molecular weight is 340 g/mol. The molecule has 2 aromatic rings. The summed E-state index contributed by atoms with van der Waals surface area (Å²) in [6, 6.07) is 16.9. The summed E-state index contributed by atoms with van der Waals surface area (Å²) >= 11 is 1.43. The molecule has 3 rings (SSSR count). The van der Waals surface area contributed by atoms with Gasteiger partial charge in [0, 0.05) is 22.8 Å². The second-order valence-corrected chi connectivity index (χ2v) is 6.10. The fourth-order valence-electron chi connectivity index (χ4n) is 2.08. The Morgan fingerprint density at radius 2 is 1.46 bits per heavy atom. The molecule has 0 spiro atoms. The summed E-state index contributed by atoms with van der Waals surface area (Å²) in [5, 5.41) is 8.80. The van der Waals surface area contributed by atoms with Crippen LogP contribution in [0.1, 0.15) is 0 Å². The Balaban J connectivity index is 1.55. The standard InChI is InChI=1S/C17H16N4O2S/c22-15(16(23)21-17-18-10-11-24-17)20-14-8-6-13(7-9-14)19-12-4-2-1-3-5-12/h1-9,19H,10-11H2,(H,20,22)(H,18,21,23). The molecule has 0 aliphatic carbocycles. The van der Waals surface area contributed by atoms with Crippen LogP contribution in [0, 0.1) is 0 Å². The van der Waals surface area contributed by atoms with Gasteiger partial charge in [0.25, 0.3) is 0 Å². The number of anilines is 3. The zero-order valence-electron chi connectivity index (χ0n) is 12.8. The molecule has 7 heteroatoms. The number of benzene rings is 2. The van der Waals surface area contributed by atoms with Crippen LogP contribution in [0.5, 0.6) is 0 Å². The third kappa shape index (κ3) is 4.36. The molecule has 0 fully saturated rings. The maximum atomic E-state index is 11.9. The first kappa shape index (κ1) is 16.1. The predicted octanol–water partition coefficient (Wildman–Crippen LogP) is 2.59. The van der Waals surface area contributed by atoms with Crippen molar-refractivity contribution in [3.8, 4) is 0 Å². The topological polar surface area (TPSA) is 82.6 Å². The summed E-state index contributed by atoms with van der Waals surface area (Å²) in [5.41, 5.74) is 2.42. The molecule has 0 aromatic heterocycles. The van der Waals surface area contributed by atoms with Crippen molar-refractivity contribution in [3.05, 3.63) is 54.6 Å². The number of aliphatic imine (C=N–C) groups is 1. The van der Waals surface area contributed by atoms with Gasteiger partial charge in [-0.05, 0) is 36.4 Å². The Kier molecular flexibility index (Phi) is 5.12. The minimum Gasteiger partial charge on any atom is -0.356 e. The summed E-state index contributed by atoms with van der Waals surface area (Å²) in [5.74, 6) is -0.601. The average Bonchev–Trinajstić information content (AvgIpc) is 3.10. The van der Waals surface area contributed by atoms with E-state index in [1.165, 1.54) is 11.8 Å². The van der Waals surface area contributed by atoms with Crippen molar-refractivity contribution in [2.75, 3.05) is 22.9 Å². The van der Waals surface area contributed by atoms with E-state index in [4.69, 9.17) is 0 Å². The van der Waals surface area contributed by atoms with Crippen molar-refractivity contribution in [2.24, 2.45) is 4.99 Å². The predicted molar refractivity (Wildman–Crippen MR) is 97.7 cm³/mol. The van der Waals surface area contributed by atoms with E-state index in [9.17, 15) is 9.59 Å². The molecule has 3 N–H and O–H groups in total. The van der Waals surface area contributed by atoms with Crippen molar-refractivity contribution in [3.63, 3.8) is 0 Å². The van der Waals surface area contributed by atoms with Gasteiger partial charge in [0.1, 0.15) is 0 Å². The van der Waals surface area contributed by atoms with Gasteiger partial charge in [0.05, 0.1) is 6.54 Å². The van der Waals surface area contributed by atoms with E-state index in [1.54, 1.807) is 12.1 Å². The minimum atomic E-state index is -0.714. The Labute approximate surface area is 143 Å². The number of carbonyl (C=O) groups excluding carboxylic acids is 2. The number of amidine groups is 1. The first-order chi connectivity index (χ1) is 11.7. The minimum absolute atomic E-state index is 0.498. The van der Waals surface area contributed by atoms with Crippen LogP contribution in [0.4, 0.5) is 17.1 Å². The summed E-state index contributed by atoms with van der Waals surface area (Å²) in [6.07, 6.45) is 0. The molecule has 0 bridgehead atoms. The van der Waals surface area contributed by atoms with Gasteiger partial charge >= 0.3 is 11.8 Å². The van der Waals surface area contributed by atoms with Crippen LogP contribution in [-0.2, 0) is 9.59 Å². The highest BCUT2D eigenvalue weighted by Crippen LogP contribution is 2.18. The van der Waals surface area contributed by atoms with Crippen LogP contribution < -0.4 is 16.0 Å². The van der Waals surface area contributed by atoms with E-state index in [2.05, 4.69) is 20.9 Å². The number of rotatable bonds is 3. The quantitative estimate of drug-likeness (QED) is 0.750. The van der Waals surface area contributed by atoms with E-state index in [0.29, 0.717) is 17.4 Å². The first-order valence-corrected chi connectivity index (χ1v) is 8.41. The molecule has 6 nitrogen and oxygen atoms in total. The monoisotopic (exact) mass is 340 g/mol. The van der Waals surface area contributed by atoms with Crippen LogP contribution in [0.25, 0.3) is 0 Å². The molecular formula is C17H16N4O2S. The maximum absolute atomic E-state index is 11.9. The van der Waals surface area contributed by atoms with Crippen molar-refractivity contribution >= 4 is 45.8 Å². The number of hydrogen-bond donors (Lipinski definition) is 3. The molecule has 1 aliphatic rings. The van der Waals surface area contributed by atoms with Gasteiger partial charge in [-0.3, -0.25) is 19.9 Å². The molecule has 0 saturated carbocycles. The van der Waals surface area contributed by atoms with Crippen molar-refractivity contribution in [2.45, 2.75) is 0 Å². The van der Waals surface area contributed by atoms with Crippen LogP contribution in [-0.4, -0.2) is 29.3 Å². The van der Waals surface area contributed by atoms with Gasteiger partial charge in [0.15, 0.2) is 5.17 Å².